The summed E-state index contributed by atoms with van der Waals surface area (Å²) in [6.45, 7) is 9.37. The summed E-state index contributed by atoms with van der Waals surface area (Å²) in [5, 5.41) is 2.72. The van der Waals surface area contributed by atoms with Crippen LogP contribution in [0.15, 0.2) is 24.3 Å². The molecular weight excluding hydrogens is 362 g/mol. The fourth-order valence-electron chi connectivity index (χ4n) is 2.86. The van der Waals surface area contributed by atoms with Crippen LogP contribution >= 0.6 is 0 Å². The van der Waals surface area contributed by atoms with Gasteiger partial charge in [0.2, 0.25) is 5.91 Å². The Morgan fingerprint density at radius 1 is 0.862 bits per heavy atom. The van der Waals surface area contributed by atoms with E-state index in [0.29, 0.717) is 6.42 Å². The van der Waals surface area contributed by atoms with Crippen LogP contribution < -0.4 is 5.32 Å². The quantitative estimate of drug-likeness (QED) is 0.177. The number of carbonyl (C=O) groups is 2. The van der Waals surface area contributed by atoms with Crippen LogP contribution in [0.25, 0.3) is 0 Å². The highest BCUT2D eigenvalue weighted by Gasteiger charge is 2.22. The van der Waals surface area contributed by atoms with E-state index in [1.165, 1.54) is 38.5 Å². The van der Waals surface area contributed by atoms with E-state index >= 15 is 0 Å². The number of esters is 1. The Labute approximate surface area is 179 Å². The fraction of sp³-hybridized carbons (Fsp3) is 0.760. The average Bonchev–Trinajstić information content (AvgIpc) is 2.63. The van der Waals surface area contributed by atoms with Gasteiger partial charge in [-0.25, -0.2) is 4.79 Å². The van der Waals surface area contributed by atoms with Gasteiger partial charge >= 0.3 is 5.97 Å². The number of amides is 1. The molecule has 0 bridgehead atoms. The highest BCUT2D eigenvalue weighted by atomic mass is 16.6. The summed E-state index contributed by atoms with van der Waals surface area (Å²) in [4.78, 5) is 23.8. The molecule has 1 N–H and O–H groups in total. The fourth-order valence-corrected chi connectivity index (χ4v) is 2.86. The number of nitrogens with one attached hydrogen (secondary N) is 1. The molecule has 0 saturated carbocycles. The third-order valence-corrected chi connectivity index (χ3v) is 4.49. The Hall–Kier alpha value is -1.58. The van der Waals surface area contributed by atoms with Gasteiger partial charge in [-0.2, -0.15) is 0 Å². The second kappa shape index (κ2) is 17.3. The molecule has 0 fully saturated rings. The Balaban J connectivity index is 3.57. The molecule has 0 aliphatic carbocycles. The molecule has 168 valence electrons. The number of allylic oxidation sites excluding steroid dienone is 4. The zero-order valence-corrected chi connectivity index (χ0v) is 19.6. The smallest absolute Gasteiger partial charge is 0.328 e. The monoisotopic (exact) mass is 407 g/mol. The average molecular weight is 408 g/mol. The summed E-state index contributed by atoms with van der Waals surface area (Å²) < 4.78 is 5.27. The van der Waals surface area contributed by atoms with E-state index in [1.807, 2.05) is 20.8 Å². The SMILES string of the molecule is CCCCC/C=C\C/C=C\CCCCCCCC(=O)NC(C)C(=O)OC(C)(C)C. The molecule has 4 heteroatoms. The molecule has 1 amide bonds. The van der Waals surface area contributed by atoms with E-state index in [2.05, 4.69) is 36.5 Å². The predicted molar refractivity (Wildman–Crippen MR) is 123 cm³/mol. The molecule has 0 radical (unpaired) electrons. The molecule has 0 spiro atoms. The van der Waals surface area contributed by atoms with Crippen molar-refractivity contribution in [1.82, 2.24) is 5.32 Å². The third kappa shape index (κ3) is 19.5. The molecule has 0 aliphatic heterocycles. The molecule has 29 heavy (non-hydrogen) atoms. The third-order valence-electron chi connectivity index (χ3n) is 4.49. The van der Waals surface area contributed by atoms with Gasteiger partial charge in [-0.15, -0.1) is 0 Å². The summed E-state index contributed by atoms with van der Waals surface area (Å²) in [5.74, 6) is -0.458. The van der Waals surface area contributed by atoms with Gasteiger partial charge in [-0.3, -0.25) is 4.79 Å². The molecule has 1 unspecified atom stereocenters. The van der Waals surface area contributed by atoms with Crippen molar-refractivity contribution < 1.29 is 14.3 Å². The van der Waals surface area contributed by atoms with Gasteiger partial charge in [-0.1, -0.05) is 63.3 Å². The van der Waals surface area contributed by atoms with Crippen molar-refractivity contribution in [3.05, 3.63) is 24.3 Å². The number of hydrogen-bond acceptors (Lipinski definition) is 3. The van der Waals surface area contributed by atoms with E-state index in [4.69, 9.17) is 4.74 Å². The molecule has 0 saturated heterocycles. The van der Waals surface area contributed by atoms with E-state index < -0.39 is 11.6 Å². The molecule has 0 rings (SSSR count). The van der Waals surface area contributed by atoms with Crippen LogP contribution in [0.5, 0.6) is 0 Å². The lowest BCUT2D eigenvalue weighted by atomic mass is 10.1. The molecular formula is C25H45NO3. The molecule has 0 aromatic carbocycles. The minimum absolute atomic E-state index is 0.0750. The zero-order chi connectivity index (χ0) is 22.0. The minimum atomic E-state index is -0.598. The lowest BCUT2D eigenvalue weighted by molar-refractivity contribution is -0.158. The van der Waals surface area contributed by atoms with Crippen molar-refractivity contribution in [2.45, 2.75) is 123 Å². The molecule has 1 atom stereocenters. The van der Waals surface area contributed by atoms with Crippen molar-refractivity contribution in [1.29, 1.82) is 0 Å². The van der Waals surface area contributed by atoms with E-state index in [0.717, 1.165) is 32.1 Å². The van der Waals surface area contributed by atoms with Crippen molar-refractivity contribution in [3.8, 4) is 0 Å². The summed E-state index contributed by atoms with van der Waals surface area (Å²) in [7, 11) is 0. The molecule has 0 aromatic heterocycles. The first kappa shape index (κ1) is 27.4. The zero-order valence-electron chi connectivity index (χ0n) is 19.6. The maximum Gasteiger partial charge on any atom is 0.328 e. The summed E-state index contributed by atoms with van der Waals surface area (Å²) >= 11 is 0. The van der Waals surface area contributed by atoms with Crippen LogP contribution in [0.4, 0.5) is 0 Å². The number of ether oxygens (including phenoxy) is 1. The van der Waals surface area contributed by atoms with Crippen LogP contribution in [0.1, 0.15) is 112 Å². The van der Waals surface area contributed by atoms with Crippen LogP contribution in [0.3, 0.4) is 0 Å². The molecule has 0 heterocycles. The van der Waals surface area contributed by atoms with E-state index in [-0.39, 0.29) is 11.9 Å². The van der Waals surface area contributed by atoms with Gasteiger partial charge in [0.25, 0.3) is 0 Å². The normalized spacial score (nSPS) is 13.1. The first-order valence-corrected chi connectivity index (χ1v) is 11.6. The topological polar surface area (TPSA) is 55.4 Å². The predicted octanol–water partition coefficient (Wildman–Crippen LogP) is 6.65. The molecule has 0 aliphatic rings. The summed E-state index contributed by atoms with van der Waals surface area (Å²) in [6, 6.07) is -0.598. The standard InChI is InChI=1S/C25H45NO3/c1-6-7-8-9-10-11-12-13-14-15-16-17-18-19-20-21-23(27)26-22(2)24(28)29-25(3,4)5/h10-11,13-14,22H,6-9,12,15-21H2,1-5H3,(H,26,27)/b11-10-,14-13-. The van der Waals surface area contributed by atoms with Crippen LogP contribution in [-0.2, 0) is 14.3 Å². The number of hydrogen-bond donors (Lipinski definition) is 1. The van der Waals surface area contributed by atoms with Crippen molar-refractivity contribution in [2.24, 2.45) is 0 Å². The van der Waals surface area contributed by atoms with Crippen molar-refractivity contribution in [2.75, 3.05) is 0 Å². The van der Waals surface area contributed by atoms with Crippen LogP contribution in [0.2, 0.25) is 0 Å². The van der Waals surface area contributed by atoms with Gasteiger partial charge in [0, 0.05) is 6.42 Å². The Morgan fingerprint density at radius 2 is 1.41 bits per heavy atom. The lowest BCUT2D eigenvalue weighted by Gasteiger charge is -2.22. The lowest BCUT2D eigenvalue weighted by Crippen LogP contribution is -2.42. The maximum atomic E-state index is 11.9. The van der Waals surface area contributed by atoms with E-state index in [1.54, 1.807) is 6.92 Å². The summed E-state index contributed by atoms with van der Waals surface area (Å²) in [6.07, 6.45) is 22.4. The van der Waals surface area contributed by atoms with Crippen LogP contribution in [-0.4, -0.2) is 23.5 Å². The van der Waals surface area contributed by atoms with Crippen molar-refractivity contribution >= 4 is 11.9 Å². The van der Waals surface area contributed by atoms with Gasteiger partial charge < -0.3 is 10.1 Å². The first-order valence-electron chi connectivity index (χ1n) is 11.6. The van der Waals surface area contributed by atoms with Gasteiger partial charge in [-0.05, 0) is 66.2 Å². The number of carbonyl (C=O) groups excluding carboxylic acids is 2. The molecule has 0 aromatic rings. The molecule has 4 nitrogen and oxygen atoms in total. The Kier molecular flexibility index (Phi) is 16.4. The van der Waals surface area contributed by atoms with Crippen LogP contribution in [0, 0.1) is 0 Å². The maximum absolute atomic E-state index is 11.9. The second-order valence-corrected chi connectivity index (χ2v) is 8.80. The van der Waals surface area contributed by atoms with Gasteiger partial charge in [0.15, 0.2) is 0 Å². The summed E-state index contributed by atoms with van der Waals surface area (Å²) in [5.41, 5.74) is -0.532. The van der Waals surface area contributed by atoms with Gasteiger partial charge in [0.05, 0.1) is 0 Å². The highest BCUT2D eigenvalue weighted by molar-refractivity contribution is 5.84. The first-order chi connectivity index (χ1) is 13.8. The van der Waals surface area contributed by atoms with Crippen molar-refractivity contribution in [3.63, 3.8) is 0 Å². The minimum Gasteiger partial charge on any atom is -0.458 e. The number of rotatable bonds is 16. The second-order valence-electron chi connectivity index (χ2n) is 8.80. The Bertz CT molecular complexity index is 489. The number of unbranched alkanes of at least 4 members (excludes halogenated alkanes) is 8. The Morgan fingerprint density at radius 3 is 2.00 bits per heavy atom. The van der Waals surface area contributed by atoms with Gasteiger partial charge in [0.1, 0.15) is 11.6 Å². The largest absolute Gasteiger partial charge is 0.458 e. The van der Waals surface area contributed by atoms with E-state index in [9.17, 15) is 9.59 Å². The highest BCUT2D eigenvalue weighted by Crippen LogP contribution is 2.10.